The van der Waals surface area contributed by atoms with Crippen molar-refractivity contribution in [3.8, 4) is 11.5 Å². The first-order valence-corrected chi connectivity index (χ1v) is 13.4. The van der Waals surface area contributed by atoms with E-state index in [-0.39, 0.29) is 30.3 Å². The molecule has 0 fully saturated rings. The molecule has 5 rings (SSSR count). The Hall–Kier alpha value is -5.49. The number of rotatable bonds is 11. The van der Waals surface area contributed by atoms with Crippen molar-refractivity contribution in [2.24, 2.45) is 0 Å². The highest BCUT2D eigenvalue weighted by atomic mass is 16.5. The lowest BCUT2D eigenvalue weighted by molar-refractivity contribution is 0.0599. The van der Waals surface area contributed by atoms with E-state index in [0.29, 0.717) is 33.8 Å². The van der Waals surface area contributed by atoms with Gasteiger partial charge in [-0.05, 0) is 23.3 Å². The van der Waals surface area contributed by atoms with Crippen LogP contribution in [0.5, 0.6) is 11.5 Å². The summed E-state index contributed by atoms with van der Waals surface area (Å²) in [5.41, 5.74) is 4.44. The maximum atomic E-state index is 12.7. The molecule has 0 atom stereocenters. The van der Waals surface area contributed by atoms with Crippen molar-refractivity contribution in [1.82, 2.24) is 0 Å². The van der Waals surface area contributed by atoms with Crippen molar-refractivity contribution < 1.29 is 28.6 Å². The molecule has 0 aliphatic carbocycles. The van der Waals surface area contributed by atoms with Crippen molar-refractivity contribution in [2.75, 3.05) is 7.11 Å². The van der Waals surface area contributed by atoms with Gasteiger partial charge in [0, 0.05) is 28.3 Å². The van der Waals surface area contributed by atoms with E-state index in [2.05, 4.69) is 0 Å². The van der Waals surface area contributed by atoms with Crippen LogP contribution in [-0.2, 0) is 18.0 Å². The highest BCUT2D eigenvalue weighted by molar-refractivity contribution is 6.09. The molecule has 5 aromatic carbocycles. The lowest BCUT2D eigenvalue weighted by Gasteiger charge is -2.12. The van der Waals surface area contributed by atoms with Gasteiger partial charge in [0.1, 0.15) is 24.7 Å². The Labute approximate surface area is 244 Å². The summed E-state index contributed by atoms with van der Waals surface area (Å²) in [6.45, 7) is 0.446. The van der Waals surface area contributed by atoms with Crippen LogP contribution >= 0.6 is 0 Å². The van der Waals surface area contributed by atoms with E-state index in [1.54, 1.807) is 66.7 Å². The minimum Gasteiger partial charge on any atom is -0.489 e. The number of esters is 1. The second-order valence-electron chi connectivity index (χ2n) is 9.55. The Kier molecular flexibility index (Phi) is 8.85. The molecule has 0 N–H and O–H groups in total. The maximum absolute atomic E-state index is 12.7. The third-order valence-corrected chi connectivity index (χ3v) is 6.62. The Morgan fingerprint density at radius 3 is 1.24 bits per heavy atom. The fourth-order valence-electron chi connectivity index (χ4n) is 4.32. The van der Waals surface area contributed by atoms with Crippen LogP contribution in [0.2, 0.25) is 0 Å². The monoisotopic (exact) mass is 556 g/mol. The van der Waals surface area contributed by atoms with E-state index in [4.69, 9.17) is 14.2 Å². The summed E-state index contributed by atoms with van der Waals surface area (Å²) < 4.78 is 16.9. The second kappa shape index (κ2) is 13.2. The lowest BCUT2D eigenvalue weighted by atomic mass is 10.0. The zero-order chi connectivity index (χ0) is 29.3. The summed E-state index contributed by atoms with van der Waals surface area (Å²) in [6.07, 6.45) is 0. The van der Waals surface area contributed by atoms with Gasteiger partial charge >= 0.3 is 5.97 Å². The van der Waals surface area contributed by atoms with Crippen LogP contribution in [0.4, 0.5) is 0 Å². The van der Waals surface area contributed by atoms with E-state index in [9.17, 15) is 14.4 Å². The van der Waals surface area contributed by atoms with Gasteiger partial charge in [-0.15, -0.1) is 0 Å². The number of hydrogen-bond acceptors (Lipinski definition) is 6. The highest BCUT2D eigenvalue weighted by Crippen LogP contribution is 2.26. The fraction of sp³-hybridized carbons (Fsp3) is 0.0833. The Balaban J connectivity index is 1.24. The lowest BCUT2D eigenvalue weighted by Crippen LogP contribution is -2.05. The molecule has 0 radical (unpaired) electrons. The predicted molar refractivity (Wildman–Crippen MR) is 159 cm³/mol. The van der Waals surface area contributed by atoms with Crippen LogP contribution in [0.15, 0.2) is 127 Å². The second-order valence-corrected chi connectivity index (χ2v) is 9.55. The molecule has 6 nitrogen and oxygen atoms in total. The first-order chi connectivity index (χ1) is 20.5. The van der Waals surface area contributed by atoms with Crippen molar-refractivity contribution in [2.45, 2.75) is 13.2 Å². The van der Waals surface area contributed by atoms with Crippen LogP contribution < -0.4 is 9.47 Å². The summed E-state index contributed by atoms with van der Waals surface area (Å²) in [5, 5.41) is 0. The Morgan fingerprint density at radius 1 is 0.476 bits per heavy atom. The molecule has 0 amide bonds. The summed E-state index contributed by atoms with van der Waals surface area (Å²) in [4.78, 5) is 37.6. The Bertz CT molecular complexity index is 1560. The van der Waals surface area contributed by atoms with Gasteiger partial charge in [0.25, 0.3) is 0 Å². The summed E-state index contributed by atoms with van der Waals surface area (Å²) in [7, 11) is 1.31. The molecule has 208 valence electrons. The molecule has 0 aliphatic heterocycles. The number of carbonyl (C=O) groups is 3. The topological polar surface area (TPSA) is 78.9 Å². The SMILES string of the molecule is COC(=O)c1cc(OCc2ccc(C(=O)c3ccccc3)cc2)cc(OCc2ccc(C(=O)c3ccccc3)cc2)c1. The van der Waals surface area contributed by atoms with Crippen LogP contribution in [0, 0.1) is 0 Å². The molecular formula is C36H28O6. The van der Waals surface area contributed by atoms with E-state index in [1.165, 1.54) is 7.11 Å². The van der Waals surface area contributed by atoms with E-state index in [1.807, 2.05) is 60.7 Å². The molecule has 0 heterocycles. The zero-order valence-electron chi connectivity index (χ0n) is 23.0. The van der Waals surface area contributed by atoms with Crippen LogP contribution in [0.3, 0.4) is 0 Å². The molecule has 0 spiro atoms. The average molecular weight is 557 g/mol. The molecule has 6 heteroatoms. The maximum Gasteiger partial charge on any atom is 0.338 e. The van der Waals surface area contributed by atoms with Crippen molar-refractivity contribution >= 4 is 17.5 Å². The smallest absolute Gasteiger partial charge is 0.338 e. The van der Waals surface area contributed by atoms with Crippen molar-refractivity contribution in [1.29, 1.82) is 0 Å². The van der Waals surface area contributed by atoms with Gasteiger partial charge in [-0.2, -0.15) is 0 Å². The summed E-state index contributed by atoms with van der Waals surface area (Å²) in [6, 6.07) is 37.5. The van der Waals surface area contributed by atoms with Gasteiger partial charge in [-0.3, -0.25) is 9.59 Å². The molecule has 0 aliphatic rings. The van der Waals surface area contributed by atoms with Gasteiger partial charge in [0.05, 0.1) is 12.7 Å². The third kappa shape index (κ3) is 6.98. The Morgan fingerprint density at radius 2 is 0.857 bits per heavy atom. The number of benzene rings is 5. The molecular weight excluding hydrogens is 528 g/mol. The van der Waals surface area contributed by atoms with Crippen molar-refractivity contribution in [3.05, 3.63) is 166 Å². The molecule has 42 heavy (non-hydrogen) atoms. The molecule has 0 aromatic heterocycles. The molecule has 0 saturated carbocycles. The van der Waals surface area contributed by atoms with E-state index in [0.717, 1.165) is 11.1 Å². The van der Waals surface area contributed by atoms with Crippen LogP contribution in [-0.4, -0.2) is 24.6 Å². The predicted octanol–water partition coefficient (Wildman–Crippen LogP) is 7.09. The quantitative estimate of drug-likeness (QED) is 0.128. The minimum atomic E-state index is -0.516. The number of ether oxygens (including phenoxy) is 3. The molecule has 5 aromatic rings. The normalized spacial score (nSPS) is 10.5. The first-order valence-electron chi connectivity index (χ1n) is 13.4. The van der Waals surface area contributed by atoms with Gasteiger partial charge < -0.3 is 14.2 Å². The molecule has 0 saturated heterocycles. The molecule has 0 bridgehead atoms. The number of hydrogen-bond donors (Lipinski definition) is 0. The van der Waals surface area contributed by atoms with Gasteiger partial charge in [-0.25, -0.2) is 4.79 Å². The average Bonchev–Trinajstić information content (AvgIpc) is 3.06. The summed E-state index contributed by atoms with van der Waals surface area (Å²) in [5.74, 6) is 0.251. The van der Waals surface area contributed by atoms with Gasteiger partial charge in [-0.1, -0.05) is 109 Å². The number of ketones is 2. The fourth-order valence-corrected chi connectivity index (χ4v) is 4.32. The minimum absolute atomic E-state index is 0.0481. The van der Waals surface area contributed by atoms with E-state index >= 15 is 0 Å². The van der Waals surface area contributed by atoms with Crippen LogP contribution in [0.25, 0.3) is 0 Å². The van der Waals surface area contributed by atoms with Gasteiger partial charge in [0.2, 0.25) is 0 Å². The molecule has 0 unspecified atom stereocenters. The third-order valence-electron chi connectivity index (χ3n) is 6.62. The van der Waals surface area contributed by atoms with E-state index < -0.39 is 5.97 Å². The number of carbonyl (C=O) groups excluding carboxylic acids is 3. The highest BCUT2D eigenvalue weighted by Gasteiger charge is 2.13. The van der Waals surface area contributed by atoms with Crippen molar-refractivity contribution in [3.63, 3.8) is 0 Å². The van der Waals surface area contributed by atoms with Gasteiger partial charge in [0.15, 0.2) is 11.6 Å². The summed E-state index contributed by atoms with van der Waals surface area (Å²) >= 11 is 0. The standard InChI is InChI=1S/C36H28O6/c1-40-36(39)31-20-32(41-23-25-12-16-29(17-13-25)34(37)27-8-4-2-5-9-27)22-33(21-31)42-24-26-14-18-30(19-15-26)35(38)28-10-6-3-7-11-28/h2-22H,23-24H2,1H3. The first kappa shape index (κ1) is 28.1. The van der Waals surface area contributed by atoms with Crippen LogP contribution in [0.1, 0.15) is 53.3 Å². The number of methoxy groups -OCH3 is 1. The largest absolute Gasteiger partial charge is 0.489 e. The zero-order valence-corrected chi connectivity index (χ0v) is 23.0.